The topological polar surface area (TPSA) is 235 Å². The Morgan fingerprint density at radius 3 is 2.45 bits per heavy atom. The number of carbonyl (C=O) groups is 3. The van der Waals surface area contributed by atoms with Crippen molar-refractivity contribution < 1.29 is 59.6 Å². The first-order chi connectivity index (χ1) is 42.1. The number of dihydropyridines is 1. The van der Waals surface area contributed by atoms with Crippen LogP contribution in [0.3, 0.4) is 0 Å². The Hall–Kier alpha value is -4.75. The maximum absolute atomic E-state index is 16.4. The molecule has 10 bridgehead atoms. The smallest absolute Gasteiger partial charge is 0.240 e. The van der Waals surface area contributed by atoms with Crippen molar-refractivity contribution in [1.82, 2.24) is 10.6 Å². The number of ketones is 2. The average molecular weight is 1220 g/mol. The summed E-state index contributed by atoms with van der Waals surface area (Å²) in [4.78, 5) is 46.3. The lowest BCUT2D eigenvalue weighted by Gasteiger charge is -2.72. The van der Waals surface area contributed by atoms with Crippen LogP contribution in [0.1, 0.15) is 140 Å². The van der Waals surface area contributed by atoms with Crippen molar-refractivity contribution in [2.24, 2.45) is 74.4 Å². The highest BCUT2D eigenvalue weighted by Gasteiger charge is 2.84. The summed E-state index contributed by atoms with van der Waals surface area (Å²) in [7, 11) is 2.86. The van der Waals surface area contributed by atoms with E-state index in [0.29, 0.717) is 55.2 Å². The van der Waals surface area contributed by atoms with Crippen LogP contribution in [0.5, 0.6) is 5.75 Å². The first-order valence-corrected chi connectivity index (χ1v) is 34.9. The molecule has 14 aliphatic rings. The fourth-order valence-corrected chi connectivity index (χ4v) is 25.8. The van der Waals surface area contributed by atoms with Gasteiger partial charge in [0.1, 0.15) is 40.5 Å². The Balaban J connectivity index is 0.827. The molecule has 14 nitrogen and oxygen atoms in total. The van der Waals surface area contributed by atoms with Gasteiger partial charge in [-0.25, -0.2) is 0 Å². The zero-order chi connectivity index (χ0) is 59.7. The average Bonchev–Trinajstić information content (AvgIpc) is 1.65. The van der Waals surface area contributed by atoms with E-state index < -0.39 is 86.6 Å². The second kappa shape index (κ2) is 20.4. The largest absolute Gasteiger partial charge is 0.511 e. The molecule has 460 valence electrons. The Morgan fingerprint density at radius 2 is 1.63 bits per heavy atom. The number of aldehydes is 1. The predicted molar refractivity (Wildman–Crippen MR) is 329 cm³/mol. The van der Waals surface area contributed by atoms with E-state index in [1.165, 1.54) is 64.7 Å². The summed E-state index contributed by atoms with van der Waals surface area (Å²) < 4.78 is 14.4. The number of Topliss-reactive ketones (excluding diaryl/α,β-unsaturated/α-hetero) is 2. The van der Waals surface area contributed by atoms with Gasteiger partial charge in [-0.1, -0.05) is 94.4 Å². The SMILES string of the molecule is O=CC1CC2(CCC3(CCC(Cc4ccccc4)C3)C2)CC12CC1CC3CC4C5CCC67Oc8cccc9c8C(=O)C8(C(O)=CC(Cc%10cccc(CO)c%10)=CC8C9=O)C(CCCO)SSCNC8=CC(=C3CN8)C1(C2)C4C(O)(C6O)C(O)C5(CO)O7. The first-order valence-electron chi connectivity index (χ1n) is 32.5. The van der Waals surface area contributed by atoms with E-state index >= 15 is 9.59 Å². The molecule has 17 rings (SSSR count). The number of carbonyl (C=O) groups excluding carboxylic acids is 3. The van der Waals surface area contributed by atoms with Gasteiger partial charge in [0.25, 0.3) is 0 Å². The molecule has 10 aliphatic carbocycles. The highest BCUT2D eigenvalue weighted by atomic mass is 33.1. The molecule has 3 aromatic rings. The van der Waals surface area contributed by atoms with Crippen molar-refractivity contribution in [2.45, 2.75) is 157 Å². The molecule has 3 aromatic carbocycles. The summed E-state index contributed by atoms with van der Waals surface area (Å²) in [5.41, 5.74) is -1.16. The molecular formula is C71H82N2O12S2. The molecule has 19 unspecified atom stereocenters. The van der Waals surface area contributed by atoms with Crippen molar-refractivity contribution in [2.75, 3.05) is 25.6 Å². The van der Waals surface area contributed by atoms with E-state index in [2.05, 4.69) is 47.0 Å². The summed E-state index contributed by atoms with van der Waals surface area (Å²) in [5, 5.41) is 94.1. The molecule has 8 fully saturated rings. The Labute approximate surface area is 516 Å². The molecule has 4 aliphatic heterocycles. The van der Waals surface area contributed by atoms with Gasteiger partial charge in [0.15, 0.2) is 17.7 Å². The van der Waals surface area contributed by atoms with Crippen molar-refractivity contribution in [3.05, 3.63) is 147 Å². The highest BCUT2D eigenvalue weighted by molar-refractivity contribution is 8.76. The minimum absolute atomic E-state index is 0.000167. The quantitative estimate of drug-likeness (QED) is 0.0680. The zero-order valence-electron chi connectivity index (χ0n) is 49.3. The van der Waals surface area contributed by atoms with Crippen LogP contribution in [0, 0.1) is 74.4 Å². The van der Waals surface area contributed by atoms with Gasteiger partial charge >= 0.3 is 0 Å². The van der Waals surface area contributed by atoms with Crippen LogP contribution in [0.4, 0.5) is 0 Å². The standard InChI is InChI=1S/C71H82N2O12S2/c74-20-6-13-56-70-53(24-44(25-55(70)78)23-41-9-4-10-43(22-41)33-75)59(79)48-11-5-12-54(58(48)61(70)80)84-69-17-15-51-49-27-45-26-46-31-66(36-65(30-47(66)34-76)19-18-64(35-65)16-14-42(29-64)21-40-7-2-1-3-8-40)37-67(46,52-28-57(72-32-50(45)52)73-39-86-87-56)60(49)71(83,63(69)82)62(81)68(51,38-77)85-69/h1-5,7-12,22,24-25,28,34,42,45-47,49,51,53,56,60,62-63,72-75,77-78,81-83H,6,13-21,23,26-27,29-33,35-39H2. The van der Waals surface area contributed by atoms with Gasteiger partial charge in [0.2, 0.25) is 5.79 Å². The van der Waals surface area contributed by atoms with E-state index in [9.17, 15) is 40.5 Å². The van der Waals surface area contributed by atoms with Gasteiger partial charge in [0.05, 0.1) is 36.4 Å². The van der Waals surface area contributed by atoms with Crippen molar-refractivity contribution in [1.29, 1.82) is 0 Å². The zero-order valence-corrected chi connectivity index (χ0v) is 51.0. The van der Waals surface area contributed by atoms with Gasteiger partial charge in [-0.05, 0) is 207 Å². The van der Waals surface area contributed by atoms with E-state index in [1.54, 1.807) is 30.4 Å². The van der Waals surface area contributed by atoms with Crippen molar-refractivity contribution in [3.8, 4) is 5.75 Å². The third kappa shape index (κ3) is 7.96. The molecule has 9 N–H and O–H groups in total. The van der Waals surface area contributed by atoms with Crippen LogP contribution < -0.4 is 15.4 Å². The number of aliphatic hydroxyl groups excluding tert-OH is 6. The third-order valence-corrected chi connectivity index (χ3v) is 28.5. The molecule has 87 heavy (non-hydrogen) atoms. The molecule has 0 aromatic heterocycles. The van der Waals surface area contributed by atoms with Crippen molar-refractivity contribution >= 4 is 39.4 Å². The second-order valence-corrected chi connectivity index (χ2v) is 32.3. The number of hydrogen-bond donors (Lipinski definition) is 9. The van der Waals surface area contributed by atoms with Crippen LogP contribution >= 0.6 is 21.6 Å². The summed E-state index contributed by atoms with van der Waals surface area (Å²) in [5.74, 6) is -4.74. The number of allylic oxidation sites excluding steroid dienone is 6. The molecule has 4 heterocycles. The van der Waals surface area contributed by atoms with Gasteiger partial charge in [0, 0.05) is 47.6 Å². The van der Waals surface area contributed by atoms with Crippen LogP contribution in [0.25, 0.3) is 0 Å². The Bertz CT molecular complexity index is 3500. The molecule has 0 radical (unpaired) electrons. The summed E-state index contributed by atoms with van der Waals surface area (Å²) >= 11 is 0. The fourth-order valence-electron chi connectivity index (χ4n) is 23.0. The van der Waals surface area contributed by atoms with E-state index in [-0.39, 0.29) is 89.6 Å². The molecule has 16 heteroatoms. The molecular weight excluding hydrogens is 1140 g/mol. The van der Waals surface area contributed by atoms with E-state index in [4.69, 9.17) is 9.47 Å². The number of nitrogens with one attached hydrogen (secondary N) is 2. The number of hydrogen-bond acceptors (Lipinski definition) is 16. The third-order valence-electron chi connectivity index (χ3n) is 25.8. The normalized spacial score (nSPS) is 44.3. The van der Waals surface area contributed by atoms with Crippen LogP contribution in [0.15, 0.2) is 119 Å². The highest BCUT2D eigenvalue weighted by Crippen LogP contribution is 2.81. The molecule has 6 saturated carbocycles. The lowest BCUT2D eigenvalue weighted by molar-refractivity contribution is -0.461. The second-order valence-electron chi connectivity index (χ2n) is 29.7. The van der Waals surface area contributed by atoms with Gasteiger partial charge < -0.3 is 60.6 Å². The lowest BCUT2D eigenvalue weighted by Crippen LogP contribution is -2.88. The number of rotatable bonds is 10. The predicted octanol–water partition coefficient (Wildman–Crippen LogP) is 9.17. The molecule has 0 amide bonds. The number of aliphatic hydroxyl groups is 7. The first kappa shape index (κ1) is 57.4. The monoisotopic (exact) mass is 1220 g/mol. The summed E-state index contributed by atoms with van der Waals surface area (Å²) in [6.07, 6.45) is 17.1. The van der Waals surface area contributed by atoms with E-state index in [0.717, 1.165) is 61.9 Å². The summed E-state index contributed by atoms with van der Waals surface area (Å²) in [6.45, 7) is -0.516. The number of benzene rings is 3. The fraction of sp³-hybridized carbons (Fsp3) is 0.592. The Kier molecular flexibility index (Phi) is 13.4. The lowest BCUT2D eigenvalue weighted by atomic mass is 9.42. The van der Waals surface area contributed by atoms with Crippen LogP contribution in [0.2, 0.25) is 0 Å². The number of ether oxygens (including phenoxy) is 2. The minimum atomic E-state index is -2.37. The van der Waals surface area contributed by atoms with Gasteiger partial charge in [-0.3, -0.25) is 9.59 Å². The molecule has 6 spiro atoms. The van der Waals surface area contributed by atoms with Gasteiger partial charge in [-0.15, -0.1) is 0 Å². The maximum Gasteiger partial charge on any atom is 0.240 e. The Morgan fingerprint density at radius 1 is 0.816 bits per heavy atom. The van der Waals surface area contributed by atoms with Crippen molar-refractivity contribution in [3.63, 3.8) is 0 Å². The van der Waals surface area contributed by atoms with Crippen LogP contribution in [-0.2, 0) is 29.0 Å². The molecule has 2 saturated heterocycles. The minimum Gasteiger partial charge on any atom is -0.511 e. The van der Waals surface area contributed by atoms with E-state index in [1.807, 2.05) is 24.3 Å². The summed E-state index contributed by atoms with van der Waals surface area (Å²) in [6, 6.07) is 23.1. The molecule has 19 atom stereocenters. The van der Waals surface area contributed by atoms with Gasteiger partial charge in [-0.2, -0.15) is 0 Å². The van der Waals surface area contributed by atoms with Crippen LogP contribution in [-0.4, -0.2) is 114 Å². The maximum atomic E-state index is 16.4.